The van der Waals surface area contributed by atoms with Crippen molar-refractivity contribution in [1.82, 2.24) is 15.1 Å². The Hall–Kier alpha value is -2.25. The molecule has 1 aliphatic rings. The number of nitrogens with one attached hydrogen (secondary N) is 1. The van der Waals surface area contributed by atoms with Crippen LogP contribution in [-0.4, -0.2) is 49.2 Å². The van der Waals surface area contributed by atoms with E-state index >= 15 is 0 Å². The summed E-state index contributed by atoms with van der Waals surface area (Å²) < 4.78 is 25.2. The first-order valence-corrected chi connectivity index (χ1v) is 8.26. The molecular weight excluding hydrogens is 325 g/mol. The van der Waals surface area contributed by atoms with Gasteiger partial charge in [-0.15, -0.1) is 0 Å². The molecule has 7 heteroatoms. The van der Waals surface area contributed by atoms with Crippen molar-refractivity contribution in [2.75, 3.05) is 33.5 Å². The third kappa shape index (κ3) is 3.72. The van der Waals surface area contributed by atoms with Crippen LogP contribution in [0.15, 0.2) is 36.7 Å². The Balaban J connectivity index is 1.75. The number of rotatable bonds is 7. The number of nitrogens with zero attached hydrogens (tertiary/aromatic N) is 2. The first kappa shape index (κ1) is 17.6. The van der Waals surface area contributed by atoms with Gasteiger partial charge in [0.1, 0.15) is 12.3 Å². The summed E-state index contributed by atoms with van der Waals surface area (Å²) in [5.41, 5.74) is 1.92. The van der Waals surface area contributed by atoms with Crippen LogP contribution in [0.5, 0.6) is 0 Å². The first-order chi connectivity index (χ1) is 12.2. The van der Waals surface area contributed by atoms with Gasteiger partial charge in [0, 0.05) is 13.3 Å². The van der Waals surface area contributed by atoms with Crippen LogP contribution in [0.2, 0.25) is 0 Å². The van der Waals surface area contributed by atoms with Gasteiger partial charge in [0.05, 0.1) is 38.1 Å². The largest absolute Gasteiger partial charge is 0.381 e. The summed E-state index contributed by atoms with van der Waals surface area (Å²) in [6, 6.07) is 8.05. The van der Waals surface area contributed by atoms with Crippen LogP contribution in [0.25, 0.3) is 0 Å². The number of fused-ring (bicyclic) bond motifs is 1. The summed E-state index contributed by atoms with van der Waals surface area (Å²) in [5.74, 6) is -0.271. The number of carbonyl (C=O) groups is 1. The van der Waals surface area contributed by atoms with E-state index in [9.17, 15) is 9.18 Å². The summed E-state index contributed by atoms with van der Waals surface area (Å²) in [6.45, 7) is 0.808. The molecule has 134 valence electrons. The zero-order valence-corrected chi connectivity index (χ0v) is 14.2. The molecule has 3 rings (SSSR count). The van der Waals surface area contributed by atoms with Gasteiger partial charge in [-0.3, -0.25) is 9.48 Å². The highest BCUT2D eigenvalue weighted by Crippen LogP contribution is 2.33. The van der Waals surface area contributed by atoms with Crippen LogP contribution in [0, 0.1) is 0 Å². The maximum atomic E-state index is 12.4. The lowest BCUT2D eigenvalue weighted by molar-refractivity contribution is -0.0997. The van der Waals surface area contributed by atoms with E-state index in [2.05, 4.69) is 16.5 Å². The van der Waals surface area contributed by atoms with Crippen molar-refractivity contribution in [1.29, 1.82) is 0 Å². The second kappa shape index (κ2) is 7.76. The van der Waals surface area contributed by atoms with Gasteiger partial charge in [0.25, 0.3) is 5.91 Å². The Morgan fingerprint density at radius 3 is 3.12 bits per heavy atom. The minimum Gasteiger partial charge on any atom is -0.381 e. The number of amides is 1. The molecule has 1 aromatic heterocycles. The van der Waals surface area contributed by atoms with Crippen LogP contribution in [0.3, 0.4) is 0 Å². The summed E-state index contributed by atoms with van der Waals surface area (Å²) in [5, 5.41) is 6.87. The molecular formula is C18H22FN3O3. The number of ether oxygens (including phenoxy) is 2. The normalized spacial score (nSPS) is 19.4. The van der Waals surface area contributed by atoms with Crippen molar-refractivity contribution < 1.29 is 18.7 Å². The fourth-order valence-electron chi connectivity index (χ4n) is 3.18. The first-order valence-electron chi connectivity index (χ1n) is 8.26. The van der Waals surface area contributed by atoms with E-state index < -0.39 is 12.3 Å². The second-order valence-electron chi connectivity index (χ2n) is 6.05. The third-order valence-electron chi connectivity index (χ3n) is 4.38. The number of aromatic nitrogens is 2. The van der Waals surface area contributed by atoms with Crippen LogP contribution in [0.4, 0.5) is 4.39 Å². The van der Waals surface area contributed by atoms with Gasteiger partial charge in [-0.1, -0.05) is 24.3 Å². The number of methoxy groups -OCH3 is 1. The van der Waals surface area contributed by atoms with Crippen molar-refractivity contribution >= 4 is 5.91 Å². The number of halogens is 1. The number of alkyl halides is 1. The molecule has 0 fully saturated rings. The maximum Gasteiger partial charge on any atom is 0.254 e. The average molecular weight is 347 g/mol. The highest BCUT2D eigenvalue weighted by molar-refractivity contribution is 5.93. The summed E-state index contributed by atoms with van der Waals surface area (Å²) in [6.07, 6.45) is 3.81. The lowest BCUT2D eigenvalue weighted by Gasteiger charge is -2.38. The average Bonchev–Trinajstić information content (AvgIpc) is 3.09. The number of benzene rings is 1. The Bertz CT molecular complexity index is 734. The predicted octanol–water partition coefficient (Wildman–Crippen LogP) is 1.70. The topological polar surface area (TPSA) is 65.4 Å². The monoisotopic (exact) mass is 347 g/mol. The minimum atomic E-state index is -0.714. The van der Waals surface area contributed by atoms with Crippen LogP contribution >= 0.6 is 0 Å². The fourth-order valence-corrected chi connectivity index (χ4v) is 3.18. The molecule has 1 atom stereocenters. The SMILES string of the molecule is COCC1(CNC(=O)c2cnn(CCF)c2)OCCc2ccccc21. The van der Waals surface area contributed by atoms with Crippen LogP contribution in [0.1, 0.15) is 21.5 Å². The van der Waals surface area contributed by atoms with Gasteiger partial charge in [0.2, 0.25) is 0 Å². The quantitative estimate of drug-likeness (QED) is 0.828. The van der Waals surface area contributed by atoms with Crippen LogP contribution < -0.4 is 5.32 Å². The molecule has 0 bridgehead atoms. The van der Waals surface area contributed by atoms with E-state index in [-0.39, 0.29) is 19.0 Å². The third-order valence-corrected chi connectivity index (χ3v) is 4.38. The molecule has 1 aromatic carbocycles. The van der Waals surface area contributed by atoms with Gasteiger partial charge in [0.15, 0.2) is 0 Å². The summed E-state index contributed by atoms with van der Waals surface area (Å²) in [4.78, 5) is 12.4. The minimum absolute atomic E-state index is 0.136. The fraction of sp³-hybridized carbons (Fsp3) is 0.444. The molecule has 0 aliphatic carbocycles. The zero-order valence-electron chi connectivity index (χ0n) is 14.2. The van der Waals surface area contributed by atoms with Crippen molar-refractivity contribution in [3.63, 3.8) is 0 Å². The Morgan fingerprint density at radius 1 is 1.48 bits per heavy atom. The number of carbonyl (C=O) groups excluding carboxylic acids is 1. The van der Waals surface area contributed by atoms with Crippen LogP contribution in [-0.2, 0) is 28.0 Å². The Kier molecular flexibility index (Phi) is 5.45. The van der Waals surface area contributed by atoms with Gasteiger partial charge < -0.3 is 14.8 Å². The highest BCUT2D eigenvalue weighted by Gasteiger charge is 2.38. The van der Waals surface area contributed by atoms with Gasteiger partial charge in [-0.2, -0.15) is 5.10 Å². The molecule has 25 heavy (non-hydrogen) atoms. The van der Waals surface area contributed by atoms with Gasteiger partial charge in [-0.05, 0) is 17.5 Å². The van der Waals surface area contributed by atoms with E-state index in [1.165, 1.54) is 22.6 Å². The molecule has 2 heterocycles. The molecule has 0 saturated heterocycles. The lowest BCUT2D eigenvalue weighted by Crippen LogP contribution is -2.48. The molecule has 6 nitrogen and oxygen atoms in total. The van der Waals surface area contributed by atoms with Crippen molar-refractivity contribution in [3.8, 4) is 0 Å². The van der Waals surface area contributed by atoms with E-state index in [4.69, 9.17) is 9.47 Å². The number of hydrogen-bond donors (Lipinski definition) is 1. The maximum absolute atomic E-state index is 12.4. The molecule has 2 aromatic rings. The van der Waals surface area contributed by atoms with Crippen molar-refractivity contribution in [2.45, 2.75) is 18.6 Å². The highest BCUT2D eigenvalue weighted by atomic mass is 19.1. The number of aryl methyl sites for hydroxylation is 1. The Labute approximate surface area is 145 Å². The predicted molar refractivity (Wildman–Crippen MR) is 90.2 cm³/mol. The molecule has 1 amide bonds. The molecule has 0 spiro atoms. The summed E-state index contributed by atoms with van der Waals surface area (Å²) >= 11 is 0. The summed E-state index contributed by atoms with van der Waals surface area (Å²) in [7, 11) is 1.62. The van der Waals surface area contributed by atoms with E-state index in [1.807, 2.05) is 18.2 Å². The van der Waals surface area contributed by atoms with E-state index in [1.54, 1.807) is 7.11 Å². The molecule has 0 radical (unpaired) electrons. The van der Waals surface area contributed by atoms with Crippen molar-refractivity contribution in [3.05, 3.63) is 53.3 Å². The number of hydrogen-bond acceptors (Lipinski definition) is 4. The van der Waals surface area contributed by atoms with Crippen molar-refractivity contribution in [2.24, 2.45) is 0 Å². The van der Waals surface area contributed by atoms with Gasteiger partial charge >= 0.3 is 0 Å². The molecule has 0 saturated carbocycles. The Morgan fingerprint density at radius 2 is 2.32 bits per heavy atom. The standard InChI is InChI=1S/C18H22FN3O3/c1-24-13-18(16-5-3-2-4-14(16)6-9-25-18)12-20-17(23)15-10-21-22(11-15)8-7-19/h2-5,10-11H,6-9,12-13H2,1H3,(H,20,23). The molecule has 1 N–H and O–H groups in total. The second-order valence-corrected chi connectivity index (χ2v) is 6.05. The molecule has 1 aliphatic heterocycles. The van der Waals surface area contributed by atoms with E-state index in [0.717, 1.165) is 12.0 Å². The van der Waals surface area contributed by atoms with Gasteiger partial charge in [-0.25, -0.2) is 4.39 Å². The lowest BCUT2D eigenvalue weighted by atomic mass is 9.86. The smallest absolute Gasteiger partial charge is 0.254 e. The molecule has 1 unspecified atom stereocenters. The zero-order chi connectivity index (χ0) is 17.7. The van der Waals surface area contributed by atoms with E-state index in [0.29, 0.717) is 18.8 Å².